The first-order chi connectivity index (χ1) is 19.4. The first-order valence-electron chi connectivity index (χ1n) is 13.4. The maximum atomic E-state index is 13.9. The first-order valence-corrected chi connectivity index (χ1v) is 16.7. The van der Waals surface area contributed by atoms with Crippen LogP contribution in [0.4, 0.5) is 0 Å². The van der Waals surface area contributed by atoms with Gasteiger partial charge in [-0.3, -0.25) is 23.2 Å². The van der Waals surface area contributed by atoms with Crippen molar-refractivity contribution in [2.75, 3.05) is 19.9 Å². The molecule has 0 fully saturated rings. The van der Waals surface area contributed by atoms with E-state index in [-0.39, 0.29) is 12.8 Å². The summed E-state index contributed by atoms with van der Waals surface area (Å²) in [5, 5.41) is 0. The number of carbonyl (C=O) groups excluding carboxylic acids is 2. The predicted octanol–water partition coefficient (Wildman–Crippen LogP) is 6.38. The molecule has 0 aliphatic rings. The molecule has 2 aromatic rings. The van der Waals surface area contributed by atoms with E-state index in [0.29, 0.717) is 17.9 Å². The van der Waals surface area contributed by atoms with Crippen LogP contribution in [0.2, 0.25) is 0 Å². The van der Waals surface area contributed by atoms with Gasteiger partial charge in [-0.2, -0.15) is 8.42 Å². The fraction of sp³-hybridized carbons (Fsp3) is 0.517. The molecule has 0 radical (unpaired) electrons. The minimum absolute atomic E-state index is 0.188. The van der Waals surface area contributed by atoms with E-state index in [9.17, 15) is 27.1 Å². The molecule has 0 spiro atoms. The van der Waals surface area contributed by atoms with E-state index in [1.807, 2.05) is 36.4 Å². The molecule has 0 amide bonds. The zero-order chi connectivity index (χ0) is 31.6. The lowest BCUT2D eigenvalue weighted by atomic mass is 9.98. The maximum Gasteiger partial charge on any atom is 0.313 e. The normalized spacial score (nSPS) is 14.5. The molecule has 2 atom stereocenters. The van der Waals surface area contributed by atoms with Gasteiger partial charge in [0.2, 0.25) is 0 Å². The molecule has 0 heterocycles. The number of aryl methyl sites for hydroxylation is 1. The van der Waals surface area contributed by atoms with Gasteiger partial charge in [0.1, 0.15) is 17.8 Å². The van der Waals surface area contributed by atoms with Gasteiger partial charge in [0, 0.05) is 0 Å². The third-order valence-corrected chi connectivity index (χ3v) is 10.7. The van der Waals surface area contributed by atoms with Gasteiger partial charge in [-0.25, -0.2) is 0 Å². The summed E-state index contributed by atoms with van der Waals surface area (Å²) in [5.41, 5.74) is -0.908. The minimum atomic E-state index is -4.92. The molecule has 0 aliphatic heterocycles. The number of esters is 2. The highest BCUT2D eigenvalue weighted by Gasteiger charge is 2.44. The van der Waals surface area contributed by atoms with Gasteiger partial charge in [-0.1, -0.05) is 30.3 Å². The number of rotatable bonds is 15. The van der Waals surface area contributed by atoms with Crippen molar-refractivity contribution in [3.63, 3.8) is 0 Å². The summed E-state index contributed by atoms with van der Waals surface area (Å²) in [5.74, 6) is -0.0327. The summed E-state index contributed by atoms with van der Waals surface area (Å²) in [6.45, 7) is 8.23. The second kappa shape index (κ2) is 15.1. The summed E-state index contributed by atoms with van der Waals surface area (Å²) in [7, 11) is -9.31. The van der Waals surface area contributed by atoms with Crippen LogP contribution in [0.5, 0.6) is 11.5 Å². The molecule has 0 saturated carbocycles. The van der Waals surface area contributed by atoms with Crippen molar-refractivity contribution in [2.24, 2.45) is 10.8 Å². The van der Waals surface area contributed by atoms with Crippen molar-refractivity contribution in [3.8, 4) is 11.5 Å². The Hall–Kier alpha value is -2.76. The van der Waals surface area contributed by atoms with Crippen LogP contribution >= 0.6 is 7.37 Å². The van der Waals surface area contributed by atoms with Crippen LogP contribution in [0.1, 0.15) is 59.9 Å². The number of carbonyl (C=O) groups is 2. The fourth-order valence-electron chi connectivity index (χ4n) is 3.48. The summed E-state index contributed by atoms with van der Waals surface area (Å²) >= 11 is 0. The van der Waals surface area contributed by atoms with Crippen LogP contribution in [0.25, 0.3) is 0 Å². The largest absolute Gasteiger partial charge is 0.457 e. The third-order valence-electron chi connectivity index (χ3n) is 5.81. The molecule has 1 N–H and O–H groups in total. The average Bonchev–Trinajstić information content (AvgIpc) is 2.88. The van der Waals surface area contributed by atoms with Crippen molar-refractivity contribution in [2.45, 2.75) is 65.8 Å². The van der Waals surface area contributed by atoms with Crippen LogP contribution in [0.15, 0.2) is 54.6 Å². The zero-order valence-electron chi connectivity index (χ0n) is 24.9. The van der Waals surface area contributed by atoms with Gasteiger partial charge in [0.25, 0.3) is 17.5 Å². The van der Waals surface area contributed by atoms with E-state index in [1.165, 1.54) is 0 Å². The van der Waals surface area contributed by atoms with Crippen molar-refractivity contribution in [3.05, 3.63) is 60.2 Å². The van der Waals surface area contributed by atoms with E-state index < -0.39 is 65.2 Å². The van der Waals surface area contributed by atoms with E-state index in [1.54, 1.807) is 59.7 Å². The Morgan fingerprint density at radius 1 is 0.857 bits per heavy atom. The molecule has 0 bridgehead atoms. The topological polar surface area (TPSA) is 152 Å². The zero-order valence-corrected chi connectivity index (χ0v) is 26.6. The molecular formula is C29H41O11PS. The molecule has 2 rings (SSSR count). The molecule has 2 unspecified atom stereocenters. The molecule has 0 saturated heterocycles. The molecule has 0 aliphatic carbocycles. The number of hydrogen-bond donors (Lipinski definition) is 1. The Morgan fingerprint density at radius 3 is 2.00 bits per heavy atom. The Labute approximate surface area is 248 Å². The molecule has 234 valence electrons. The van der Waals surface area contributed by atoms with E-state index in [2.05, 4.69) is 0 Å². The molecule has 2 aromatic carbocycles. The first kappa shape index (κ1) is 35.4. The molecule has 11 nitrogen and oxygen atoms in total. The van der Waals surface area contributed by atoms with Gasteiger partial charge in [0.05, 0.1) is 10.8 Å². The molecular weight excluding hydrogens is 587 g/mol. The van der Waals surface area contributed by atoms with Gasteiger partial charge >= 0.3 is 11.9 Å². The Morgan fingerprint density at radius 2 is 1.43 bits per heavy atom. The monoisotopic (exact) mass is 628 g/mol. The van der Waals surface area contributed by atoms with Gasteiger partial charge in [-0.05, 0) is 90.6 Å². The fourth-order valence-corrected chi connectivity index (χ4v) is 7.48. The number of ether oxygens (including phenoxy) is 4. The Bertz CT molecular complexity index is 1330. The predicted molar refractivity (Wildman–Crippen MR) is 157 cm³/mol. The lowest BCUT2D eigenvalue weighted by Gasteiger charge is -2.26. The van der Waals surface area contributed by atoms with Crippen LogP contribution in [0, 0.1) is 10.8 Å². The summed E-state index contributed by atoms with van der Waals surface area (Å²) in [4.78, 5) is 22.3. The lowest BCUT2D eigenvalue weighted by molar-refractivity contribution is -0.165. The van der Waals surface area contributed by atoms with Crippen LogP contribution < -0.4 is 4.74 Å². The molecule has 42 heavy (non-hydrogen) atoms. The minimum Gasteiger partial charge on any atom is -0.457 e. The SMILES string of the molecule is CC(C)(C)C(=O)OCOCP(=O)(OCOC(=O)C(C)(C)C)C(CCCc1cccc(Oc2ccccc2)c1)S(=O)(=O)O. The molecule has 0 aromatic heterocycles. The Kier molecular flexibility index (Phi) is 12.7. The van der Waals surface area contributed by atoms with E-state index in [4.69, 9.17) is 23.5 Å². The van der Waals surface area contributed by atoms with E-state index in [0.717, 1.165) is 5.56 Å². The van der Waals surface area contributed by atoms with Crippen molar-refractivity contribution in [1.82, 2.24) is 0 Å². The van der Waals surface area contributed by atoms with Crippen molar-refractivity contribution < 1.29 is 50.6 Å². The highest BCUT2D eigenvalue weighted by Crippen LogP contribution is 2.55. The van der Waals surface area contributed by atoms with Crippen LogP contribution in [-0.4, -0.2) is 49.8 Å². The van der Waals surface area contributed by atoms with Crippen molar-refractivity contribution in [1.29, 1.82) is 0 Å². The average molecular weight is 629 g/mol. The van der Waals surface area contributed by atoms with Gasteiger partial charge in [-0.15, -0.1) is 0 Å². The second-order valence-electron chi connectivity index (χ2n) is 11.7. The van der Waals surface area contributed by atoms with Crippen LogP contribution in [0.3, 0.4) is 0 Å². The number of hydrogen-bond acceptors (Lipinski definition) is 10. The van der Waals surface area contributed by atoms with Crippen molar-refractivity contribution >= 4 is 29.4 Å². The van der Waals surface area contributed by atoms with Gasteiger partial charge < -0.3 is 18.9 Å². The third kappa shape index (κ3) is 11.9. The summed E-state index contributed by atoms with van der Waals surface area (Å²) in [6, 6.07) is 16.4. The number of benzene rings is 2. The summed E-state index contributed by atoms with van der Waals surface area (Å²) < 4.78 is 75.3. The lowest BCUT2D eigenvalue weighted by Crippen LogP contribution is -2.28. The highest BCUT2D eigenvalue weighted by molar-refractivity contribution is 7.94. The van der Waals surface area contributed by atoms with Crippen LogP contribution in [-0.2, 0) is 49.4 Å². The quantitative estimate of drug-likeness (QED) is 0.0769. The molecule has 13 heteroatoms. The standard InChI is InChI=1S/C29H41O11PS/c1-28(2,3)26(30)37-19-36-21-41(32,39-20-38-27(31)29(4,5)6)25(42(33,34)35)17-11-13-22-12-10-16-24(18-22)40-23-14-8-7-9-15-23/h7-10,12,14-16,18,25H,11,13,17,19-21H2,1-6H3,(H,33,34,35). The van der Waals surface area contributed by atoms with Gasteiger partial charge in [0.15, 0.2) is 18.6 Å². The second-order valence-corrected chi connectivity index (χ2v) is 16.3. The number of para-hydroxylation sites is 1. The van der Waals surface area contributed by atoms with E-state index >= 15 is 0 Å². The maximum absolute atomic E-state index is 13.9. The summed E-state index contributed by atoms with van der Waals surface area (Å²) in [6.07, 6.45) is -0.533. The highest BCUT2D eigenvalue weighted by atomic mass is 32.2. The Balaban J connectivity index is 2.15. The smallest absolute Gasteiger partial charge is 0.313 e.